The number of nitrogens with one attached hydrogen (secondary N) is 1. The topological polar surface area (TPSA) is 80.5 Å². The van der Waals surface area contributed by atoms with Gasteiger partial charge in [0.2, 0.25) is 17.6 Å². The average molecular weight is 380 g/mol. The minimum absolute atomic E-state index is 0.0148. The van der Waals surface area contributed by atoms with E-state index in [4.69, 9.17) is 9.26 Å². The maximum Gasteiger partial charge on any atom is 0.236 e. The summed E-state index contributed by atoms with van der Waals surface area (Å²) < 4.78 is 10.3. The molecule has 3 aromatic rings. The van der Waals surface area contributed by atoms with Crippen molar-refractivity contribution in [1.82, 2.24) is 10.1 Å². The zero-order valence-corrected chi connectivity index (χ0v) is 16.3. The lowest BCUT2D eigenvalue weighted by Crippen LogP contribution is -2.21. The molecule has 0 radical (unpaired) electrons. The van der Waals surface area contributed by atoms with Crippen LogP contribution in [-0.2, 0) is 11.2 Å². The number of nitrogens with zero attached hydrogens (tertiary/aromatic N) is 3. The van der Waals surface area contributed by atoms with E-state index in [9.17, 15) is 4.79 Å². The molecule has 7 nitrogen and oxygen atoms in total. The van der Waals surface area contributed by atoms with Crippen LogP contribution in [0, 0.1) is 0 Å². The van der Waals surface area contributed by atoms with Crippen molar-refractivity contribution in [3.05, 3.63) is 54.4 Å². The maximum atomic E-state index is 12.3. The number of anilines is 2. The van der Waals surface area contributed by atoms with Crippen molar-refractivity contribution in [2.24, 2.45) is 0 Å². The first kappa shape index (κ1) is 19.4. The largest absolute Gasteiger partial charge is 0.497 e. The highest BCUT2D eigenvalue weighted by Crippen LogP contribution is 2.20. The first-order valence-corrected chi connectivity index (χ1v) is 9.24. The van der Waals surface area contributed by atoms with E-state index in [0.29, 0.717) is 5.82 Å². The Morgan fingerprint density at radius 2 is 1.75 bits per heavy atom. The number of hydrogen-bond acceptors (Lipinski definition) is 6. The molecule has 0 saturated carbocycles. The Morgan fingerprint density at radius 1 is 1.07 bits per heavy atom. The predicted molar refractivity (Wildman–Crippen MR) is 109 cm³/mol. The van der Waals surface area contributed by atoms with Crippen LogP contribution in [0.2, 0.25) is 0 Å². The van der Waals surface area contributed by atoms with Gasteiger partial charge >= 0.3 is 0 Å². The number of methoxy groups -OCH3 is 1. The molecule has 0 aliphatic heterocycles. The van der Waals surface area contributed by atoms with E-state index in [0.717, 1.165) is 35.8 Å². The van der Waals surface area contributed by atoms with Crippen LogP contribution >= 0.6 is 0 Å². The van der Waals surface area contributed by atoms with Gasteiger partial charge in [0.25, 0.3) is 0 Å². The highest BCUT2D eigenvalue weighted by Gasteiger charge is 2.13. The summed E-state index contributed by atoms with van der Waals surface area (Å²) in [5.41, 5.74) is 2.66. The molecular formula is C21H24N4O3. The van der Waals surface area contributed by atoms with Gasteiger partial charge in [-0.05, 0) is 62.4 Å². The number of rotatable bonds is 8. The summed E-state index contributed by atoms with van der Waals surface area (Å²) in [5, 5.41) is 6.79. The summed E-state index contributed by atoms with van der Waals surface area (Å²) in [4.78, 5) is 18.8. The molecule has 1 N–H and O–H groups in total. The molecule has 146 valence electrons. The number of carbonyl (C=O) groups is 1. The lowest BCUT2D eigenvalue weighted by atomic mass is 10.2. The van der Waals surface area contributed by atoms with Gasteiger partial charge in [-0.15, -0.1) is 0 Å². The van der Waals surface area contributed by atoms with Crippen molar-refractivity contribution in [2.75, 3.05) is 30.4 Å². The van der Waals surface area contributed by atoms with E-state index in [1.54, 1.807) is 7.11 Å². The first-order valence-electron chi connectivity index (χ1n) is 9.24. The highest BCUT2D eigenvalue weighted by atomic mass is 16.5. The fraction of sp³-hybridized carbons (Fsp3) is 0.286. The van der Waals surface area contributed by atoms with Crippen molar-refractivity contribution in [3.8, 4) is 17.1 Å². The molecule has 0 aliphatic carbocycles. The third-order valence-corrected chi connectivity index (χ3v) is 4.41. The van der Waals surface area contributed by atoms with E-state index in [2.05, 4.69) is 34.2 Å². The second-order valence-electron chi connectivity index (χ2n) is 6.18. The summed E-state index contributed by atoms with van der Waals surface area (Å²) in [6.07, 6.45) is 0.0148. The predicted octanol–water partition coefficient (Wildman–Crippen LogP) is 3.77. The van der Waals surface area contributed by atoms with E-state index < -0.39 is 0 Å². The van der Waals surface area contributed by atoms with Gasteiger partial charge in [-0.1, -0.05) is 5.16 Å². The van der Waals surface area contributed by atoms with Gasteiger partial charge < -0.3 is 19.5 Å². The number of ether oxygens (including phenoxy) is 1. The molecule has 2 aromatic carbocycles. The highest BCUT2D eigenvalue weighted by molar-refractivity contribution is 5.91. The Hall–Kier alpha value is -3.35. The number of aromatic nitrogens is 2. The van der Waals surface area contributed by atoms with Gasteiger partial charge in [-0.25, -0.2) is 0 Å². The van der Waals surface area contributed by atoms with Crippen molar-refractivity contribution in [2.45, 2.75) is 20.3 Å². The fourth-order valence-electron chi connectivity index (χ4n) is 2.87. The van der Waals surface area contributed by atoms with Crippen molar-refractivity contribution >= 4 is 17.3 Å². The number of carbonyl (C=O) groups excluding carboxylic acids is 1. The Labute approximate surface area is 164 Å². The number of benzene rings is 2. The SMILES string of the molecule is CCN(CC)c1ccc(NC(=O)Cc2nc(-c3ccc(OC)cc3)no2)cc1. The summed E-state index contributed by atoms with van der Waals surface area (Å²) in [7, 11) is 1.61. The standard InChI is InChI=1S/C21H24N4O3/c1-4-25(5-2)17-10-8-16(9-11-17)22-19(26)14-20-23-21(24-28-20)15-6-12-18(27-3)13-7-15/h6-13H,4-5,14H2,1-3H3,(H,22,26). The van der Waals surface area contributed by atoms with Gasteiger partial charge in [0.1, 0.15) is 12.2 Å². The minimum atomic E-state index is -0.208. The van der Waals surface area contributed by atoms with Crippen LogP contribution in [0.15, 0.2) is 53.1 Å². The van der Waals surface area contributed by atoms with E-state index in [1.165, 1.54) is 0 Å². The molecule has 0 bridgehead atoms. The minimum Gasteiger partial charge on any atom is -0.497 e. The normalized spacial score (nSPS) is 10.5. The molecule has 0 unspecified atom stereocenters. The molecule has 1 aromatic heterocycles. The third-order valence-electron chi connectivity index (χ3n) is 4.41. The molecule has 0 spiro atoms. The van der Waals surface area contributed by atoms with Crippen LogP contribution in [0.5, 0.6) is 5.75 Å². The quantitative estimate of drug-likeness (QED) is 0.641. The first-order chi connectivity index (χ1) is 13.6. The Kier molecular flexibility index (Phi) is 6.26. The molecule has 1 heterocycles. The Balaban J connectivity index is 1.60. The van der Waals surface area contributed by atoms with Crippen LogP contribution in [0.3, 0.4) is 0 Å². The molecule has 0 atom stereocenters. The molecule has 28 heavy (non-hydrogen) atoms. The van der Waals surface area contributed by atoms with Crippen molar-refractivity contribution in [3.63, 3.8) is 0 Å². The maximum absolute atomic E-state index is 12.3. The van der Waals surface area contributed by atoms with Gasteiger partial charge in [-0.2, -0.15) is 4.98 Å². The van der Waals surface area contributed by atoms with Crippen LogP contribution < -0.4 is 15.0 Å². The van der Waals surface area contributed by atoms with Crippen molar-refractivity contribution in [1.29, 1.82) is 0 Å². The summed E-state index contributed by atoms with van der Waals surface area (Å²) >= 11 is 0. The van der Waals surface area contributed by atoms with Gasteiger partial charge in [0, 0.05) is 30.0 Å². The van der Waals surface area contributed by atoms with Gasteiger partial charge in [0.05, 0.1) is 7.11 Å². The summed E-state index contributed by atoms with van der Waals surface area (Å²) in [6, 6.07) is 15.1. The lowest BCUT2D eigenvalue weighted by Gasteiger charge is -2.21. The van der Waals surface area contributed by atoms with Gasteiger partial charge in [-0.3, -0.25) is 4.79 Å². The monoisotopic (exact) mass is 380 g/mol. The summed E-state index contributed by atoms with van der Waals surface area (Å²) in [6.45, 7) is 6.11. The van der Waals surface area contributed by atoms with Gasteiger partial charge in [0.15, 0.2) is 0 Å². The fourth-order valence-corrected chi connectivity index (χ4v) is 2.87. The zero-order valence-electron chi connectivity index (χ0n) is 16.3. The Bertz CT molecular complexity index is 900. The molecule has 0 fully saturated rings. The molecule has 7 heteroatoms. The van der Waals surface area contributed by atoms with Crippen LogP contribution in [0.1, 0.15) is 19.7 Å². The third kappa shape index (κ3) is 4.68. The zero-order chi connectivity index (χ0) is 19.9. The van der Waals surface area contributed by atoms with E-state index in [1.807, 2.05) is 48.5 Å². The van der Waals surface area contributed by atoms with Crippen molar-refractivity contribution < 1.29 is 14.1 Å². The van der Waals surface area contributed by atoms with Crippen LogP contribution in [-0.4, -0.2) is 36.2 Å². The Morgan fingerprint density at radius 3 is 2.36 bits per heavy atom. The molecule has 0 saturated heterocycles. The molecule has 3 rings (SSSR count). The molecule has 0 aliphatic rings. The average Bonchev–Trinajstić information content (AvgIpc) is 3.18. The number of hydrogen-bond donors (Lipinski definition) is 1. The second kappa shape index (κ2) is 9.03. The van der Waals surface area contributed by atoms with E-state index in [-0.39, 0.29) is 18.2 Å². The smallest absolute Gasteiger partial charge is 0.236 e. The number of amides is 1. The molecular weight excluding hydrogens is 356 g/mol. The van der Waals surface area contributed by atoms with Crippen LogP contribution in [0.25, 0.3) is 11.4 Å². The summed E-state index contributed by atoms with van der Waals surface area (Å²) in [5.74, 6) is 1.25. The lowest BCUT2D eigenvalue weighted by molar-refractivity contribution is -0.115. The van der Waals surface area contributed by atoms with E-state index >= 15 is 0 Å². The second-order valence-corrected chi connectivity index (χ2v) is 6.18. The van der Waals surface area contributed by atoms with Crippen LogP contribution in [0.4, 0.5) is 11.4 Å². The molecule has 1 amide bonds.